The van der Waals surface area contributed by atoms with Crippen LogP contribution in [0.1, 0.15) is 35.4 Å². The molecule has 2 aromatic rings. The van der Waals surface area contributed by atoms with Crippen LogP contribution in [0.15, 0.2) is 30.3 Å². The summed E-state index contributed by atoms with van der Waals surface area (Å²) < 4.78 is 0. The highest BCUT2D eigenvalue weighted by molar-refractivity contribution is 7.15. The van der Waals surface area contributed by atoms with Crippen molar-refractivity contribution in [3.05, 3.63) is 46.3 Å². The zero-order valence-corrected chi connectivity index (χ0v) is 12.4. The van der Waals surface area contributed by atoms with Gasteiger partial charge in [-0.3, -0.25) is 0 Å². The molecule has 96 valence electrons. The van der Waals surface area contributed by atoms with Crippen LogP contribution in [0.3, 0.4) is 0 Å². The molecule has 1 unspecified atom stereocenters. The van der Waals surface area contributed by atoms with Crippen LogP contribution in [0.5, 0.6) is 0 Å². The molecule has 0 aliphatic carbocycles. The van der Waals surface area contributed by atoms with Gasteiger partial charge in [0.2, 0.25) is 0 Å². The van der Waals surface area contributed by atoms with Crippen LogP contribution in [-0.4, -0.2) is 7.05 Å². The van der Waals surface area contributed by atoms with Crippen LogP contribution in [0.25, 0.3) is 10.4 Å². The largest absolute Gasteiger partial charge is 0.312 e. The summed E-state index contributed by atoms with van der Waals surface area (Å²) in [6, 6.07) is 11.7. The van der Waals surface area contributed by atoms with Crippen molar-refractivity contribution in [3.8, 4) is 10.4 Å². The van der Waals surface area contributed by atoms with Gasteiger partial charge in [-0.25, -0.2) is 0 Å². The van der Waals surface area contributed by atoms with Gasteiger partial charge in [-0.1, -0.05) is 25.1 Å². The van der Waals surface area contributed by atoms with Gasteiger partial charge in [0.1, 0.15) is 0 Å². The van der Waals surface area contributed by atoms with Crippen LogP contribution in [0, 0.1) is 13.8 Å². The third-order valence-electron chi connectivity index (χ3n) is 3.52. The number of nitrogens with one attached hydrogen (secondary N) is 1. The molecule has 1 nitrogen and oxygen atoms in total. The summed E-state index contributed by atoms with van der Waals surface area (Å²) in [4.78, 5) is 2.79. The summed E-state index contributed by atoms with van der Waals surface area (Å²) in [6.07, 6.45) is 1.13. The molecule has 0 saturated heterocycles. The third-order valence-corrected chi connectivity index (χ3v) is 4.77. The third kappa shape index (κ3) is 2.65. The van der Waals surface area contributed by atoms with Crippen molar-refractivity contribution in [3.63, 3.8) is 0 Å². The molecule has 18 heavy (non-hydrogen) atoms. The van der Waals surface area contributed by atoms with Gasteiger partial charge in [-0.15, -0.1) is 11.3 Å². The molecule has 0 spiro atoms. The monoisotopic (exact) mass is 259 g/mol. The summed E-state index contributed by atoms with van der Waals surface area (Å²) in [7, 11) is 2.03. The van der Waals surface area contributed by atoms with Gasteiger partial charge < -0.3 is 5.32 Å². The topological polar surface area (TPSA) is 12.0 Å². The number of benzene rings is 1. The Hall–Kier alpha value is -1.12. The first-order valence-corrected chi connectivity index (χ1v) is 7.32. The number of hydrogen-bond donors (Lipinski definition) is 1. The molecule has 1 heterocycles. The molecule has 1 N–H and O–H groups in total. The fraction of sp³-hybridized carbons (Fsp3) is 0.375. The Morgan fingerprint density at radius 2 is 1.89 bits per heavy atom. The number of hydrogen-bond acceptors (Lipinski definition) is 2. The van der Waals surface area contributed by atoms with E-state index >= 15 is 0 Å². The number of aryl methyl sites for hydroxylation is 2. The van der Waals surface area contributed by atoms with E-state index in [0.717, 1.165) is 6.42 Å². The zero-order valence-electron chi connectivity index (χ0n) is 11.6. The lowest BCUT2D eigenvalue weighted by Gasteiger charge is -2.10. The van der Waals surface area contributed by atoms with Crippen molar-refractivity contribution in [2.45, 2.75) is 33.2 Å². The molecule has 2 rings (SSSR count). The van der Waals surface area contributed by atoms with E-state index < -0.39 is 0 Å². The van der Waals surface area contributed by atoms with Crippen molar-refractivity contribution < 1.29 is 0 Å². The van der Waals surface area contributed by atoms with Gasteiger partial charge in [-0.05, 0) is 56.1 Å². The Morgan fingerprint density at radius 1 is 1.11 bits per heavy atom. The average Bonchev–Trinajstić information content (AvgIpc) is 2.84. The van der Waals surface area contributed by atoms with Gasteiger partial charge in [0, 0.05) is 15.8 Å². The average molecular weight is 259 g/mol. The normalized spacial score (nSPS) is 12.7. The maximum absolute atomic E-state index is 3.36. The van der Waals surface area contributed by atoms with Gasteiger partial charge in [0.15, 0.2) is 0 Å². The van der Waals surface area contributed by atoms with Crippen molar-refractivity contribution in [2.75, 3.05) is 7.05 Å². The highest BCUT2D eigenvalue weighted by Gasteiger charge is 2.10. The molecule has 0 saturated carbocycles. The van der Waals surface area contributed by atoms with Crippen LogP contribution in [0.2, 0.25) is 0 Å². The summed E-state index contributed by atoms with van der Waals surface area (Å²) in [5.41, 5.74) is 4.06. The first kappa shape index (κ1) is 13.3. The number of rotatable bonds is 4. The summed E-state index contributed by atoms with van der Waals surface area (Å²) >= 11 is 1.90. The fourth-order valence-electron chi connectivity index (χ4n) is 2.14. The van der Waals surface area contributed by atoms with E-state index in [2.05, 4.69) is 56.4 Å². The van der Waals surface area contributed by atoms with Gasteiger partial charge in [-0.2, -0.15) is 0 Å². The Morgan fingerprint density at radius 3 is 2.50 bits per heavy atom. The highest BCUT2D eigenvalue weighted by atomic mass is 32.1. The van der Waals surface area contributed by atoms with E-state index in [0.29, 0.717) is 6.04 Å². The first-order chi connectivity index (χ1) is 8.65. The predicted octanol–water partition coefficient (Wildman–Crippen LogP) is 4.70. The quantitative estimate of drug-likeness (QED) is 0.839. The molecule has 0 aliphatic rings. The van der Waals surface area contributed by atoms with E-state index in [9.17, 15) is 0 Å². The molecule has 1 aromatic carbocycles. The van der Waals surface area contributed by atoms with Crippen LogP contribution in [-0.2, 0) is 0 Å². The molecule has 0 radical (unpaired) electrons. The molecule has 1 aromatic heterocycles. The fourth-order valence-corrected chi connectivity index (χ4v) is 3.34. The molecule has 0 amide bonds. The molecular weight excluding hydrogens is 238 g/mol. The van der Waals surface area contributed by atoms with Crippen LogP contribution in [0.4, 0.5) is 0 Å². The molecular formula is C16H21NS. The van der Waals surface area contributed by atoms with Crippen molar-refractivity contribution in [1.82, 2.24) is 5.32 Å². The van der Waals surface area contributed by atoms with Crippen molar-refractivity contribution in [1.29, 1.82) is 0 Å². The number of thiophene rings is 1. The minimum absolute atomic E-state index is 0.482. The zero-order chi connectivity index (χ0) is 13.1. The predicted molar refractivity (Wildman–Crippen MR) is 81.3 cm³/mol. The van der Waals surface area contributed by atoms with E-state index in [-0.39, 0.29) is 0 Å². The standard InChI is InChI=1S/C16H21NS/c1-5-14(17-4)16-9-8-15(18-16)13-7-6-11(2)12(3)10-13/h6-10,14,17H,5H2,1-4H3. The van der Waals surface area contributed by atoms with Gasteiger partial charge in [0.05, 0.1) is 0 Å². The lowest BCUT2D eigenvalue weighted by Crippen LogP contribution is -2.13. The van der Waals surface area contributed by atoms with Crippen molar-refractivity contribution >= 4 is 11.3 Å². The lowest BCUT2D eigenvalue weighted by molar-refractivity contribution is 0.586. The summed E-state index contributed by atoms with van der Waals surface area (Å²) in [6.45, 7) is 6.56. The molecule has 0 bridgehead atoms. The second kappa shape index (κ2) is 5.68. The van der Waals surface area contributed by atoms with Crippen LogP contribution < -0.4 is 5.32 Å². The second-order valence-corrected chi connectivity index (χ2v) is 5.87. The minimum atomic E-state index is 0.482. The van der Waals surface area contributed by atoms with E-state index in [4.69, 9.17) is 0 Å². The molecule has 1 atom stereocenters. The van der Waals surface area contributed by atoms with E-state index in [1.165, 1.54) is 26.4 Å². The van der Waals surface area contributed by atoms with Crippen molar-refractivity contribution in [2.24, 2.45) is 0 Å². The van der Waals surface area contributed by atoms with E-state index in [1.807, 2.05) is 18.4 Å². The summed E-state index contributed by atoms with van der Waals surface area (Å²) in [5, 5.41) is 3.36. The first-order valence-electron chi connectivity index (χ1n) is 6.50. The minimum Gasteiger partial charge on any atom is -0.312 e. The Balaban J connectivity index is 2.31. The maximum Gasteiger partial charge on any atom is 0.0409 e. The molecule has 2 heteroatoms. The smallest absolute Gasteiger partial charge is 0.0409 e. The second-order valence-electron chi connectivity index (χ2n) is 4.75. The highest BCUT2D eigenvalue weighted by Crippen LogP contribution is 2.33. The molecule has 0 fully saturated rings. The van der Waals surface area contributed by atoms with Gasteiger partial charge >= 0.3 is 0 Å². The Labute approximate surface area is 114 Å². The van der Waals surface area contributed by atoms with Crippen LogP contribution >= 0.6 is 11.3 Å². The Bertz CT molecular complexity index is 524. The van der Waals surface area contributed by atoms with Gasteiger partial charge in [0.25, 0.3) is 0 Å². The SMILES string of the molecule is CCC(NC)c1ccc(-c2ccc(C)c(C)c2)s1. The lowest BCUT2D eigenvalue weighted by atomic mass is 10.1. The molecule has 0 aliphatic heterocycles. The Kier molecular flexibility index (Phi) is 4.20. The van der Waals surface area contributed by atoms with E-state index in [1.54, 1.807) is 0 Å². The maximum atomic E-state index is 3.36. The summed E-state index contributed by atoms with van der Waals surface area (Å²) in [5.74, 6) is 0.